The topological polar surface area (TPSA) is 32.3 Å². The lowest BCUT2D eigenvalue weighted by Crippen LogP contribution is -2.15. The summed E-state index contributed by atoms with van der Waals surface area (Å²) in [5.41, 5.74) is 0.975. The number of nitrogens with one attached hydrogen (secondary N) is 1. The molecule has 1 aromatic carbocycles. The summed E-state index contributed by atoms with van der Waals surface area (Å²) in [6, 6.07) is 7.69. The van der Waals surface area contributed by atoms with Gasteiger partial charge < -0.3 is 10.4 Å². The van der Waals surface area contributed by atoms with Gasteiger partial charge in [0.15, 0.2) is 0 Å². The molecule has 66 valence electrons. The van der Waals surface area contributed by atoms with Gasteiger partial charge in [-0.25, -0.2) is 0 Å². The van der Waals surface area contributed by atoms with Crippen LogP contribution in [0.3, 0.4) is 0 Å². The van der Waals surface area contributed by atoms with Crippen LogP contribution >= 0.6 is 0 Å². The van der Waals surface area contributed by atoms with Gasteiger partial charge >= 0.3 is 0 Å². The third kappa shape index (κ3) is 1.77. The number of aromatic hydroxyl groups is 1. The lowest BCUT2D eigenvalue weighted by Gasteiger charge is -2.15. The first-order chi connectivity index (χ1) is 5.79. The molecule has 2 N–H and O–H groups in total. The van der Waals surface area contributed by atoms with Gasteiger partial charge in [-0.2, -0.15) is 0 Å². The van der Waals surface area contributed by atoms with Crippen molar-refractivity contribution in [2.75, 3.05) is 7.05 Å². The van der Waals surface area contributed by atoms with Crippen LogP contribution < -0.4 is 5.32 Å². The molecule has 0 saturated carbocycles. The predicted molar refractivity (Wildman–Crippen MR) is 50.2 cm³/mol. The molecule has 1 rings (SSSR count). The molecule has 0 aliphatic rings. The monoisotopic (exact) mass is 165 g/mol. The molecule has 1 unspecified atom stereocenters. The van der Waals surface area contributed by atoms with E-state index in [0.29, 0.717) is 5.75 Å². The van der Waals surface area contributed by atoms with E-state index in [2.05, 4.69) is 12.2 Å². The maximum absolute atomic E-state index is 9.50. The number of hydrogen-bond acceptors (Lipinski definition) is 2. The first-order valence-corrected chi connectivity index (χ1v) is 4.24. The van der Waals surface area contributed by atoms with Gasteiger partial charge in [-0.1, -0.05) is 25.1 Å². The van der Waals surface area contributed by atoms with Crippen molar-refractivity contribution in [2.45, 2.75) is 19.4 Å². The van der Waals surface area contributed by atoms with E-state index in [1.165, 1.54) is 0 Å². The Morgan fingerprint density at radius 3 is 2.58 bits per heavy atom. The number of phenols is 1. The molecule has 2 heteroatoms. The normalized spacial score (nSPS) is 12.8. The zero-order chi connectivity index (χ0) is 8.97. The highest BCUT2D eigenvalue weighted by atomic mass is 16.3. The first-order valence-electron chi connectivity index (χ1n) is 4.24. The van der Waals surface area contributed by atoms with E-state index >= 15 is 0 Å². The number of rotatable bonds is 3. The largest absolute Gasteiger partial charge is 0.508 e. The quantitative estimate of drug-likeness (QED) is 0.718. The Morgan fingerprint density at radius 2 is 2.08 bits per heavy atom. The Labute approximate surface area is 73.2 Å². The SMILES string of the molecule is CCC(NC)c1ccccc1O. The fraction of sp³-hybridized carbons (Fsp3) is 0.400. The summed E-state index contributed by atoms with van der Waals surface area (Å²) in [4.78, 5) is 0. The van der Waals surface area contributed by atoms with Crippen LogP contribution in [0.5, 0.6) is 5.75 Å². The maximum Gasteiger partial charge on any atom is 0.120 e. The molecule has 0 aliphatic heterocycles. The molecule has 1 aromatic rings. The zero-order valence-corrected chi connectivity index (χ0v) is 7.54. The van der Waals surface area contributed by atoms with Crippen LogP contribution in [-0.2, 0) is 0 Å². The number of phenolic OH excluding ortho intramolecular Hbond substituents is 1. The molecule has 0 bridgehead atoms. The second kappa shape index (κ2) is 4.12. The molecular weight excluding hydrogens is 150 g/mol. The molecule has 0 fully saturated rings. The summed E-state index contributed by atoms with van der Waals surface area (Å²) in [5, 5.41) is 12.7. The van der Waals surface area contributed by atoms with Gasteiger partial charge in [-0.05, 0) is 19.5 Å². The number of para-hydroxylation sites is 1. The summed E-state index contributed by atoms with van der Waals surface area (Å²) >= 11 is 0. The molecule has 1 atom stereocenters. The van der Waals surface area contributed by atoms with Gasteiger partial charge in [0.2, 0.25) is 0 Å². The molecule has 0 heterocycles. The van der Waals surface area contributed by atoms with Gasteiger partial charge in [0.1, 0.15) is 5.75 Å². The summed E-state index contributed by atoms with van der Waals surface area (Å²) in [7, 11) is 1.90. The highest BCUT2D eigenvalue weighted by Crippen LogP contribution is 2.24. The Kier molecular flexibility index (Phi) is 3.11. The second-order valence-corrected chi connectivity index (χ2v) is 2.81. The van der Waals surface area contributed by atoms with Gasteiger partial charge in [0.25, 0.3) is 0 Å². The third-order valence-electron chi connectivity index (χ3n) is 2.07. The smallest absolute Gasteiger partial charge is 0.120 e. The summed E-state index contributed by atoms with van der Waals surface area (Å²) < 4.78 is 0. The average molecular weight is 165 g/mol. The van der Waals surface area contributed by atoms with Crippen molar-refractivity contribution in [1.29, 1.82) is 0 Å². The number of benzene rings is 1. The molecule has 0 aliphatic carbocycles. The second-order valence-electron chi connectivity index (χ2n) is 2.81. The minimum Gasteiger partial charge on any atom is -0.508 e. The van der Waals surface area contributed by atoms with E-state index in [-0.39, 0.29) is 6.04 Å². The molecule has 0 spiro atoms. The fourth-order valence-electron chi connectivity index (χ4n) is 1.36. The van der Waals surface area contributed by atoms with E-state index in [1.54, 1.807) is 6.07 Å². The zero-order valence-electron chi connectivity index (χ0n) is 7.54. The molecule has 0 saturated heterocycles. The van der Waals surface area contributed by atoms with Gasteiger partial charge in [0, 0.05) is 11.6 Å². The van der Waals surface area contributed by atoms with E-state index in [4.69, 9.17) is 0 Å². The van der Waals surface area contributed by atoms with E-state index in [0.717, 1.165) is 12.0 Å². The van der Waals surface area contributed by atoms with Crippen molar-refractivity contribution in [2.24, 2.45) is 0 Å². The van der Waals surface area contributed by atoms with Gasteiger partial charge in [-0.15, -0.1) is 0 Å². The molecule has 0 radical (unpaired) electrons. The van der Waals surface area contributed by atoms with Crippen molar-refractivity contribution in [3.05, 3.63) is 29.8 Å². The Hall–Kier alpha value is -1.02. The summed E-state index contributed by atoms with van der Waals surface area (Å²) in [6.07, 6.45) is 0.980. The van der Waals surface area contributed by atoms with Crippen molar-refractivity contribution in [1.82, 2.24) is 5.32 Å². The summed E-state index contributed by atoms with van der Waals surface area (Å²) in [6.45, 7) is 2.09. The average Bonchev–Trinajstić information content (AvgIpc) is 2.10. The number of hydrogen-bond donors (Lipinski definition) is 2. The maximum atomic E-state index is 9.50. The van der Waals surface area contributed by atoms with Crippen molar-refractivity contribution >= 4 is 0 Å². The highest BCUT2D eigenvalue weighted by Gasteiger charge is 2.09. The lowest BCUT2D eigenvalue weighted by atomic mass is 10.0. The van der Waals surface area contributed by atoms with Crippen LogP contribution in [0, 0.1) is 0 Å². The third-order valence-corrected chi connectivity index (χ3v) is 2.07. The lowest BCUT2D eigenvalue weighted by molar-refractivity contribution is 0.450. The predicted octanol–water partition coefficient (Wildman–Crippen LogP) is 2.06. The van der Waals surface area contributed by atoms with E-state index in [1.807, 2.05) is 25.2 Å². The Bertz CT molecular complexity index is 243. The van der Waals surface area contributed by atoms with E-state index < -0.39 is 0 Å². The van der Waals surface area contributed by atoms with Gasteiger partial charge in [0.05, 0.1) is 0 Å². The Balaban J connectivity index is 2.92. The van der Waals surface area contributed by atoms with E-state index in [9.17, 15) is 5.11 Å². The molecule has 12 heavy (non-hydrogen) atoms. The Morgan fingerprint density at radius 1 is 1.42 bits per heavy atom. The molecule has 0 amide bonds. The standard InChI is InChI=1S/C10H15NO/c1-3-9(11-2)8-6-4-5-7-10(8)12/h4-7,9,11-12H,3H2,1-2H3. The van der Waals surface area contributed by atoms with Crippen LogP contribution in [0.2, 0.25) is 0 Å². The first kappa shape index (κ1) is 9.07. The minimum absolute atomic E-state index is 0.256. The highest BCUT2D eigenvalue weighted by molar-refractivity contribution is 5.34. The van der Waals surface area contributed by atoms with Crippen LogP contribution in [0.25, 0.3) is 0 Å². The fourth-order valence-corrected chi connectivity index (χ4v) is 1.36. The van der Waals surface area contributed by atoms with Crippen molar-refractivity contribution in [3.8, 4) is 5.75 Å². The molecular formula is C10H15NO. The molecule has 0 aromatic heterocycles. The van der Waals surface area contributed by atoms with Crippen molar-refractivity contribution in [3.63, 3.8) is 0 Å². The van der Waals surface area contributed by atoms with Crippen LogP contribution in [-0.4, -0.2) is 12.2 Å². The van der Waals surface area contributed by atoms with Gasteiger partial charge in [-0.3, -0.25) is 0 Å². The summed E-state index contributed by atoms with van der Waals surface area (Å²) in [5.74, 6) is 0.374. The van der Waals surface area contributed by atoms with Crippen LogP contribution in [0.1, 0.15) is 24.9 Å². The minimum atomic E-state index is 0.256. The van der Waals surface area contributed by atoms with Crippen LogP contribution in [0.4, 0.5) is 0 Å². The van der Waals surface area contributed by atoms with Crippen molar-refractivity contribution < 1.29 is 5.11 Å². The molecule has 2 nitrogen and oxygen atoms in total. The van der Waals surface area contributed by atoms with Crippen LogP contribution in [0.15, 0.2) is 24.3 Å².